The summed E-state index contributed by atoms with van der Waals surface area (Å²) in [5.41, 5.74) is 2.81. The normalized spacial score (nSPS) is 19.8. The van der Waals surface area contributed by atoms with Gasteiger partial charge in [0, 0.05) is 31.0 Å². The minimum Gasteiger partial charge on any atom is -0.507 e. The van der Waals surface area contributed by atoms with Crippen LogP contribution >= 0.6 is 0 Å². The van der Waals surface area contributed by atoms with Gasteiger partial charge in [-0.25, -0.2) is 0 Å². The van der Waals surface area contributed by atoms with Crippen molar-refractivity contribution in [3.8, 4) is 17.6 Å². The maximum atomic E-state index is 13.3. The molecule has 3 unspecified atom stereocenters. The number of amides is 1. The Labute approximate surface area is 178 Å². The van der Waals surface area contributed by atoms with Crippen molar-refractivity contribution >= 4 is 5.91 Å². The highest BCUT2D eigenvalue weighted by Gasteiger charge is 2.30. The van der Waals surface area contributed by atoms with Crippen LogP contribution in [0.25, 0.3) is 0 Å². The average molecular weight is 407 g/mol. The minimum absolute atomic E-state index is 0.0581. The summed E-state index contributed by atoms with van der Waals surface area (Å²) in [7, 11) is 1.57. The number of methoxy groups -OCH3 is 1. The molecule has 1 fully saturated rings. The number of hydrogen-bond acceptors (Lipinski definition) is 4. The fourth-order valence-corrected chi connectivity index (χ4v) is 4.65. The van der Waals surface area contributed by atoms with Crippen molar-refractivity contribution in [2.45, 2.75) is 39.5 Å². The summed E-state index contributed by atoms with van der Waals surface area (Å²) >= 11 is 0. The zero-order valence-electron chi connectivity index (χ0n) is 18.2. The highest BCUT2D eigenvalue weighted by atomic mass is 16.5. The highest BCUT2D eigenvalue weighted by Crippen LogP contribution is 2.42. The molecule has 1 heterocycles. The number of phenolic OH excluding ortho intramolecular Hbond substituents is 1. The minimum atomic E-state index is -0.408. The van der Waals surface area contributed by atoms with E-state index in [1.165, 1.54) is 0 Å². The van der Waals surface area contributed by atoms with Gasteiger partial charge in [0.2, 0.25) is 5.91 Å². The Kier molecular flexibility index (Phi) is 6.66. The van der Waals surface area contributed by atoms with Crippen molar-refractivity contribution in [3.63, 3.8) is 0 Å². The lowest BCUT2D eigenvalue weighted by Gasteiger charge is -2.36. The van der Waals surface area contributed by atoms with Crippen LogP contribution in [0.3, 0.4) is 0 Å². The molecule has 1 N–H and O–H groups in total. The van der Waals surface area contributed by atoms with Crippen LogP contribution in [0.2, 0.25) is 0 Å². The number of likely N-dealkylation sites (tertiary alicyclic amines) is 1. The van der Waals surface area contributed by atoms with E-state index < -0.39 is 5.92 Å². The molecule has 1 aliphatic rings. The molecule has 1 amide bonds. The first-order chi connectivity index (χ1) is 14.3. The van der Waals surface area contributed by atoms with E-state index in [-0.39, 0.29) is 18.1 Å². The zero-order chi connectivity index (χ0) is 21.8. The van der Waals surface area contributed by atoms with E-state index in [0.717, 1.165) is 30.6 Å². The summed E-state index contributed by atoms with van der Waals surface area (Å²) in [6, 6.07) is 13.0. The lowest BCUT2D eigenvalue weighted by atomic mass is 9.85. The third-order valence-electron chi connectivity index (χ3n) is 5.85. The first kappa shape index (κ1) is 21.7. The number of carbonyl (C=O) groups excluding carboxylic acids is 1. The Balaban J connectivity index is 2.03. The van der Waals surface area contributed by atoms with E-state index in [2.05, 4.69) is 19.9 Å². The maximum absolute atomic E-state index is 13.3. The summed E-state index contributed by atoms with van der Waals surface area (Å²) < 4.78 is 5.58. The quantitative estimate of drug-likeness (QED) is 0.787. The number of piperidine rings is 1. The van der Waals surface area contributed by atoms with Crippen LogP contribution in [0.15, 0.2) is 36.4 Å². The molecule has 1 aliphatic heterocycles. The molecule has 1 saturated heterocycles. The Bertz CT molecular complexity index is 953. The molecule has 0 spiro atoms. The number of aryl methyl sites for hydroxylation is 1. The van der Waals surface area contributed by atoms with Crippen molar-refractivity contribution in [1.82, 2.24) is 4.90 Å². The van der Waals surface area contributed by atoms with Gasteiger partial charge in [0.1, 0.15) is 11.5 Å². The number of nitriles is 1. The third-order valence-corrected chi connectivity index (χ3v) is 5.85. The van der Waals surface area contributed by atoms with Gasteiger partial charge in [-0.05, 0) is 60.6 Å². The summed E-state index contributed by atoms with van der Waals surface area (Å²) in [4.78, 5) is 15.3. The Hall–Kier alpha value is -3.00. The van der Waals surface area contributed by atoms with Gasteiger partial charge in [-0.3, -0.25) is 4.79 Å². The van der Waals surface area contributed by atoms with Crippen LogP contribution in [0.1, 0.15) is 54.9 Å². The van der Waals surface area contributed by atoms with Gasteiger partial charge in [-0.2, -0.15) is 5.26 Å². The predicted molar refractivity (Wildman–Crippen MR) is 117 cm³/mol. The molecule has 0 radical (unpaired) electrons. The van der Waals surface area contributed by atoms with E-state index in [0.29, 0.717) is 28.7 Å². The zero-order valence-corrected chi connectivity index (χ0v) is 18.2. The van der Waals surface area contributed by atoms with Gasteiger partial charge in [-0.1, -0.05) is 26.0 Å². The largest absolute Gasteiger partial charge is 0.507 e. The Morgan fingerprint density at radius 1 is 1.27 bits per heavy atom. The van der Waals surface area contributed by atoms with Crippen LogP contribution in [0.5, 0.6) is 11.5 Å². The molecule has 3 rings (SSSR count). The van der Waals surface area contributed by atoms with Gasteiger partial charge in [0.25, 0.3) is 0 Å². The molecular weight excluding hydrogens is 376 g/mol. The lowest BCUT2D eigenvalue weighted by Crippen LogP contribution is -2.43. The fourth-order valence-electron chi connectivity index (χ4n) is 4.65. The maximum Gasteiger partial charge on any atom is 0.223 e. The highest BCUT2D eigenvalue weighted by molar-refractivity contribution is 5.78. The number of carbonyl (C=O) groups is 1. The van der Waals surface area contributed by atoms with Crippen LogP contribution in [-0.2, 0) is 4.79 Å². The summed E-state index contributed by atoms with van der Waals surface area (Å²) in [6.45, 7) is 7.76. The van der Waals surface area contributed by atoms with Crippen molar-refractivity contribution < 1.29 is 14.6 Å². The fraction of sp³-hybridized carbons (Fsp3) is 0.440. The topological polar surface area (TPSA) is 73.6 Å². The molecule has 5 heteroatoms. The first-order valence-corrected chi connectivity index (χ1v) is 10.5. The summed E-state index contributed by atoms with van der Waals surface area (Å²) in [6.07, 6.45) is 1.34. The number of benzene rings is 2. The summed E-state index contributed by atoms with van der Waals surface area (Å²) in [5, 5.41) is 20.1. The number of aromatic hydroxyl groups is 1. The van der Waals surface area contributed by atoms with Crippen LogP contribution in [0, 0.1) is 30.1 Å². The number of ether oxygens (including phenoxy) is 1. The Morgan fingerprint density at radius 3 is 2.60 bits per heavy atom. The van der Waals surface area contributed by atoms with Crippen LogP contribution in [-0.4, -0.2) is 36.1 Å². The van der Waals surface area contributed by atoms with E-state index in [4.69, 9.17) is 4.74 Å². The number of rotatable bonds is 5. The van der Waals surface area contributed by atoms with E-state index in [1.54, 1.807) is 25.3 Å². The molecule has 3 atom stereocenters. The van der Waals surface area contributed by atoms with E-state index in [1.807, 2.05) is 30.0 Å². The molecule has 30 heavy (non-hydrogen) atoms. The van der Waals surface area contributed by atoms with Crippen molar-refractivity contribution in [1.29, 1.82) is 5.26 Å². The molecule has 2 aromatic carbocycles. The molecule has 2 aromatic rings. The van der Waals surface area contributed by atoms with Gasteiger partial charge in [-0.15, -0.1) is 0 Å². The molecule has 0 bridgehead atoms. The van der Waals surface area contributed by atoms with Crippen LogP contribution < -0.4 is 4.74 Å². The second kappa shape index (κ2) is 9.21. The molecule has 5 nitrogen and oxygen atoms in total. The smallest absolute Gasteiger partial charge is 0.223 e. The van der Waals surface area contributed by atoms with Gasteiger partial charge >= 0.3 is 0 Å². The second-order valence-electron chi connectivity index (χ2n) is 8.64. The van der Waals surface area contributed by atoms with Crippen LogP contribution in [0.4, 0.5) is 0 Å². The number of phenols is 1. The monoisotopic (exact) mass is 406 g/mol. The van der Waals surface area contributed by atoms with Gasteiger partial charge in [0.15, 0.2) is 0 Å². The molecule has 0 aromatic heterocycles. The average Bonchev–Trinajstić information content (AvgIpc) is 2.71. The number of hydrogen-bond donors (Lipinski definition) is 1. The first-order valence-electron chi connectivity index (χ1n) is 10.5. The van der Waals surface area contributed by atoms with Crippen molar-refractivity contribution in [2.24, 2.45) is 11.8 Å². The molecule has 0 saturated carbocycles. The SMILES string of the molecule is COc1cc(C)cc(O)c1C(CC(=O)N1CC(C)CC(C)C1)c1cccc(C#N)c1. The Morgan fingerprint density at radius 2 is 1.97 bits per heavy atom. The van der Waals surface area contributed by atoms with Crippen molar-refractivity contribution in [2.75, 3.05) is 20.2 Å². The molecular formula is C25H30N2O3. The molecule has 0 aliphatic carbocycles. The third kappa shape index (κ3) is 4.76. The van der Waals surface area contributed by atoms with E-state index in [9.17, 15) is 15.2 Å². The van der Waals surface area contributed by atoms with Crippen molar-refractivity contribution in [3.05, 3.63) is 58.7 Å². The standard InChI is InChI=1S/C25H30N2O3/c1-16-9-22(28)25(23(10-16)30-4)21(20-7-5-6-19(11-20)13-26)12-24(29)27-14-17(2)8-18(3)15-27/h5-7,9-11,17-18,21,28H,8,12,14-15H2,1-4H3. The summed E-state index contributed by atoms with van der Waals surface area (Å²) in [5.74, 6) is 1.25. The van der Waals surface area contributed by atoms with Gasteiger partial charge < -0.3 is 14.7 Å². The second-order valence-corrected chi connectivity index (χ2v) is 8.64. The predicted octanol–water partition coefficient (Wildman–Crippen LogP) is 4.61. The molecule has 158 valence electrons. The van der Waals surface area contributed by atoms with E-state index >= 15 is 0 Å². The number of nitrogens with zero attached hydrogens (tertiary/aromatic N) is 2. The van der Waals surface area contributed by atoms with Gasteiger partial charge in [0.05, 0.1) is 18.7 Å². The lowest BCUT2D eigenvalue weighted by molar-refractivity contribution is -0.134.